The molecule has 0 amide bonds. The van der Waals surface area contributed by atoms with Crippen LogP contribution in [0, 0.1) is 0 Å². The monoisotopic (exact) mass is 237 g/mol. The number of carboxylic acid groups (broad SMARTS) is 1. The molecule has 0 saturated heterocycles. The summed E-state index contributed by atoms with van der Waals surface area (Å²) in [5.74, 6) is 0.0266. The average Bonchev–Trinajstić information content (AvgIpc) is 2.27. The van der Waals surface area contributed by atoms with Crippen LogP contribution in [0.1, 0.15) is 24.8 Å². The van der Waals surface area contributed by atoms with Gasteiger partial charge in [-0.05, 0) is 18.9 Å². The van der Waals surface area contributed by atoms with Gasteiger partial charge in [-0.2, -0.15) is 0 Å². The lowest BCUT2D eigenvalue weighted by atomic mass is 9.64. The van der Waals surface area contributed by atoms with Crippen molar-refractivity contribution >= 4 is 5.97 Å². The Morgan fingerprint density at radius 2 is 2.12 bits per heavy atom. The van der Waals surface area contributed by atoms with Crippen LogP contribution < -0.4 is 9.47 Å². The van der Waals surface area contributed by atoms with Gasteiger partial charge in [-0.15, -0.1) is 0 Å². The summed E-state index contributed by atoms with van der Waals surface area (Å²) in [6.45, 7) is 0. The highest BCUT2D eigenvalue weighted by molar-refractivity contribution is 5.84. The summed E-state index contributed by atoms with van der Waals surface area (Å²) in [4.78, 5) is 15.6. The van der Waals surface area contributed by atoms with Gasteiger partial charge in [0, 0.05) is 6.20 Å². The normalized spacial score (nSPS) is 17.1. The molecule has 0 aromatic carbocycles. The second-order valence-corrected chi connectivity index (χ2v) is 4.14. The molecule has 1 N–H and O–H groups in total. The Bertz CT molecular complexity index is 418. The van der Waals surface area contributed by atoms with Gasteiger partial charge in [0.1, 0.15) is 11.2 Å². The van der Waals surface area contributed by atoms with E-state index >= 15 is 0 Å². The summed E-state index contributed by atoms with van der Waals surface area (Å²) in [6, 6.07) is 1.67. The first-order chi connectivity index (χ1) is 8.15. The molecule has 5 heteroatoms. The highest BCUT2D eigenvalue weighted by atomic mass is 16.5. The van der Waals surface area contributed by atoms with E-state index in [2.05, 4.69) is 4.98 Å². The number of carboxylic acids is 1. The Morgan fingerprint density at radius 1 is 1.41 bits per heavy atom. The number of methoxy groups -OCH3 is 2. The molecule has 1 saturated carbocycles. The molecule has 0 radical (unpaired) electrons. The minimum atomic E-state index is -0.898. The molecular formula is C12H15NO4. The van der Waals surface area contributed by atoms with Crippen LogP contribution in [0.4, 0.5) is 0 Å². The van der Waals surface area contributed by atoms with E-state index in [0.717, 1.165) is 6.42 Å². The Labute approximate surface area is 99.4 Å². The van der Waals surface area contributed by atoms with Crippen LogP contribution in [-0.4, -0.2) is 30.3 Å². The van der Waals surface area contributed by atoms with Crippen LogP contribution in [0.2, 0.25) is 0 Å². The van der Waals surface area contributed by atoms with Gasteiger partial charge < -0.3 is 14.6 Å². The fourth-order valence-electron chi connectivity index (χ4n) is 2.29. The maximum atomic E-state index is 11.5. The van der Waals surface area contributed by atoms with E-state index in [4.69, 9.17) is 9.47 Å². The van der Waals surface area contributed by atoms with Crippen LogP contribution in [0.25, 0.3) is 0 Å². The van der Waals surface area contributed by atoms with Gasteiger partial charge in [0.2, 0.25) is 5.88 Å². The predicted octanol–water partition coefficient (Wildman–Crippen LogP) is 1.61. The summed E-state index contributed by atoms with van der Waals surface area (Å²) in [7, 11) is 3.01. The maximum Gasteiger partial charge on any atom is 0.314 e. The molecule has 92 valence electrons. The van der Waals surface area contributed by atoms with Crippen molar-refractivity contribution in [3.05, 3.63) is 17.8 Å². The number of rotatable bonds is 4. The van der Waals surface area contributed by atoms with E-state index in [0.29, 0.717) is 30.0 Å². The van der Waals surface area contributed by atoms with E-state index < -0.39 is 11.4 Å². The molecule has 1 aromatic rings. The van der Waals surface area contributed by atoms with Crippen molar-refractivity contribution in [3.8, 4) is 11.6 Å². The van der Waals surface area contributed by atoms with Crippen molar-refractivity contribution in [1.82, 2.24) is 4.98 Å². The molecule has 0 aliphatic heterocycles. The summed E-state index contributed by atoms with van der Waals surface area (Å²) < 4.78 is 10.4. The quantitative estimate of drug-likeness (QED) is 0.861. The minimum Gasteiger partial charge on any atom is -0.496 e. The number of nitrogens with zero attached hydrogens (tertiary/aromatic N) is 1. The fraction of sp³-hybridized carbons (Fsp3) is 0.500. The number of aromatic nitrogens is 1. The van der Waals surface area contributed by atoms with E-state index in [9.17, 15) is 9.90 Å². The van der Waals surface area contributed by atoms with Crippen LogP contribution >= 0.6 is 0 Å². The Balaban J connectivity index is 2.59. The molecular weight excluding hydrogens is 222 g/mol. The van der Waals surface area contributed by atoms with Crippen LogP contribution in [0.15, 0.2) is 12.3 Å². The van der Waals surface area contributed by atoms with E-state index in [1.165, 1.54) is 14.2 Å². The number of aliphatic carboxylic acids is 1. The molecule has 1 fully saturated rings. The van der Waals surface area contributed by atoms with Gasteiger partial charge in [0.05, 0.1) is 19.8 Å². The van der Waals surface area contributed by atoms with Crippen LogP contribution in [-0.2, 0) is 10.2 Å². The second kappa shape index (κ2) is 4.24. The topological polar surface area (TPSA) is 68.7 Å². The minimum absolute atomic E-state index is 0.339. The van der Waals surface area contributed by atoms with Gasteiger partial charge >= 0.3 is 5.97 Å². The van der Waals surface area contributed by atoms with E-state index in [-0.39, 0.29) is 0 Å². The number of ether oxygens (including phenoxy) is 2. The Morgan fingerprint density at radius 3 is 2.53 bits per heavy atom. The van der Waals surface area contributed by atoms with Crippen molar-refractivity contribution in [2.45, 2.75) is 24.7 Å². The van der Waals surface area contributed by atoms with Gasteiger partial charge in [-0.1, -0.05) is 6.42 Å². The number of pyridine rings is 1. The zero-order chi connectivity index (χ0) is 12.5. The molecule has 1 aliphatic rings. The molecule has 0 atom stereocenters. The average molecular weight is 237 g/mol. The molecule has 0 unspecified atom stereocenters. The summed E-state index contributed by atoms with van der Waals surface area (Å²) in [6.07, 6.45) is 3.64. The first-order valence-electron chi connectivity index (χ1n) is 5.46. The van der Waals surface area contributed by atoms with Gasteiger partial charge in [-0.25, -0.2) is 4.98 Å². The first-order valence-corrected chi connectivity index (χ1v) is 5.46. The largest absolute Gasteiger partial charge is 0.496 e. The summed E-state index contributed by atoms with van der Waals surface area (Å²) in [5, 5.41) is 9.44. The van der Waals surface area contributed by atoms with Gasteiger partial charge in [0.25, 0.3) is 0 Å². The van der Waals surface area contributed by atoms with E-state index in [1.54, 1.807) is 12.3 Å². The second-order valence-electron chi connectivity index (χ2n) is 4.14. The van der Waals surface area contributed by atoms with Crippen molar-refractivity contribution in [1.29, 1.82) is 0 Å². The third-order valence-corrected chi connectivity index (χ3v) is 3.39. The SMILES string of the molecule is COc1ccnc(OC)c1C1(C(=O)O)CCC1. The maximum absolute atomic E-state index is 11.5. The van der Waals surface area contributed by atoms with Crippen molar-refractivity contribution in [2.24, 2.45) is 0 Å². The molecule has 1 aliphatic carbocycles. The lowest BCUT2D eigenvalue weighted by Gasteiger charge is -2.38. The van der Waals surface area contributed by atoms with Crippen molar-refractivity contribution < 1.29 is 19.4 Å². The molecule has 0 bridgehead atoms. The Kier molecular flexibility index (Phi) is 2.92. The summed E-state index contributed by atoms with van der Waals surface area (Å²) >= 11 is 0. The zero-order valence-electron chi connectivity index (χ0n) is 9.90. The zero-order valence-corrected chi connectivity index (χ0v) is 9.90. The van der Waals surface area contributed by atoms with Gasteiger partial charge in [0.15, 0.2) is 0 Å². The van der Waals surface area contributed by atoms with Crippen molar-refractivity contribution in [3.63, 3.8) is 0 Å². The standard InChI is InChI=1S/C12H15NO4/c1-16-8-4-7-13-10(17-2)9(8)12(11(14)15)5-3-6-12/h4,7H,3,5-6H2,1-2H3,(H,14,15). The fourth-order valence-corrected chi connectivity index (χ4v) is 2.29. The number of hydrogen-bond donors (Lipinski definition) is 1. The van der Waals surface area contributed by atoms with Crippen LogP contribution in [0.3, 0.4) is 0 Å². The van der Waals surface area contributed by atoms with Crippen LogP contribution in [0.5, 0.6) is 11.6 Å². The van der Waals surface area contributed by atoms with Crippen molar-refractivity contribution in [2.75, 3.05) is 14.2 Å². The predicted molar refractivity (Wildman–Crippen MR) is 60.5 cm³/mol. The molecule has 5 nitrogen and oxygen atoms in total. The number of carbonyl (C=O) groups is 1. The number of hydrogen-bond acceptors (Lipinski definition) is 4. The molecule has 1 heterocycles. The molecule has 0 spiro atoms. The third kappa shape index (κ3) is 1.62. The smallest absolute Gasteiger partial charge is 0.314 e. The lowest BCUT2D eigenvalue weighted by Crippen LogP contribution is -2.43. The van der Waals surface area contributed by atoms with E-state index in [1.807, 2.05) is 0 Å². The molecule has 2 rings (SSSR count). The lowest BCUT2D eigenvalue weighted by molar-refractivity contribution is -0.147. The highest BCUT2D eigenvalue weighted by Crippen LogP contribution is 2.50. The first kappa shape index (κ1) is 11.7. The molecule has 1 aromatic heterocycles. The Hall–Kier alpha value is -1.78. The molecule has 17 heavy (non-hydrogen) atoms. The summed E-state index contributed by atoms with van der Waals surface area (Å²) in [5.41, 5.74) is -0.339. The van der Waals surface area contributed by atoms with Gasteiger partial charge in [-0.3, -0.25) is 4.79 Å². The highest BCUT2D eigenvalue weighted by Gasteiger charge is 2.50. The third-order valence-electron chi connectivity index (χ3n) is 3.39.